The predicted octanol–water partition coefficient (Wildman–Crippen LogP) is 2.32. The Morgan fingerprint density at radius 3 is 2.35 bits per heavy atom. The van der Waals surface area contributed by atoms with E-state index in [0.717, 1.165) is 6.07 Å². The largest absolute Gasteiger partial charge is 0.504 e. The molecule has 1 aliphatic heterocycles. The first-order valence-corrected chi connectivity index (χ1v) is 7.35. The summed E-state index contributed by atoms with van der Waals surface area (Å²) in [6.45, 7) is 7.84. The second kappa shape index (κ2) is 6.07. The van der Waals surface area contributed by atoms with Gasteiger partial charge < -0.3 is 20.1 Å². The Hall–Kier alpha value is -1.70. The molecule has 1 heterocycles. The monoisotopic (exact) mass is 321 g/mol. The number of rotatable bonds is 4. The van der Waals surface area contributed by atoms with Crippen LogP contribution in [0.1, 0.15) is 43.6 Å². The molecule has 7 heteroatoms. The Labute approximate surface area is 135 Å². The van der Waals surface area contributed by atoms with Crippen LogP contribution in [0.15, 0.2) is 17.6 Å². The van der Waals surface area contributed by atoms with E-state index < -0.39 is 29.9 Å². The van der Waals surface area contributed by atoms with Gasteiger partial charge in [-0.25, -0.2) is 4.39 Å². The average Bonchev–Trinajstić information content (AvgIpc) is 2.68. The van der Waals surface area contributed by atoms with E-state index in [1.807, 2.05) is 27.7 Å². The van der Waals surface area contributed by atoms with Gasteiger partial charge in [0.25, 0.3) is 0 Å². The molecule has 2 rings (SSSR count). The van der Waals surface area contributed by atoms with Gasteiger partial charge in [0.2, 0.25) is 0 Å². The van der Waals surface area contributed by atoms with Gasteiger partial charge in [0, 0.05) is 6.54 Å². The number of hydrogen-bond acceptors (Lipinski definition) is 5. The molecule has 0 unspecified atom stereocenters. The minimum Gasteiger partial charge on any atom is -0.504 e. The van der Waals surface area contributed by atoms with Gasteiger partial charge in [0.05, 0.1) is 16.8 Å². The Morgan fingerprint density at radius 2 is 1.87 bits per heavy atom. The number of benzene rings is 1. The van der Waals surface area contributed by atoms with E-state index in [4.69, 9.17) is 15.0 Å². The van der Waals surface area contributed by atoms with Crippen LogP contribution in [0.4, 0.5) is 4.39 Å². The van der Waals surface area contributed by atoms with E-state index >= 15 is 0 Å². The molecule has 0 amide bonds. The lowest BCUT2D eigenvalue weighted by Crippen LogP contribution is -2.41. The van der Waals surface area contributed by atoms with Crippen molar-refractivity contribution in [1.29, 1.82) is 0 Å². The van der Waals surface area contributed by atoms with Crippen molar-refractivity contribution in [2.45, 2.75) is 38.9 Å². The van der Waals surface area contributed by atoms with Crippen LogP contribution in [-0.2, 0) is 9.31 Å². The average molecular weight is 321 g/mol. The van der Waals surface area contributed by atoms with E-state index in [1.54, 1.807) is 6.08 Å². The molecule has 1 aromatic carbocycles. The topological polar surface area (TPSA) is 81.8 Å². The molecule has 0 radical (unpaired) electrons. The predicted molar refractivity (Wildman–Crippen MR) is 86.6 cm³/mol. The van der Waals surface area contributed by atoms with Gasteiger partial charge in [-0.1, -0.05) is 6.08 Å². The SMILES string of the molecule is CC1(C)OB(C(=Cc2cc(F)c(O)c(C=O)c2)CN)OC1(C)C. The molecule has 1 fully saturated rings. The lowest BCUT2D eigenvalue weighted by atomic mass is 9.77. The van der Waals surface area contributed by atoms with Gasteiger partial charge in [0.15, 0.2) is 17.9 Å². The summed E-state index contributed by atoms with van der Waals surface area (Å²) in [5.74, 6) is -1.53. The van der Waals surface area contributed by atoms with Crippen molar-refractivity contribution < 1.29 is 23.6 Å². The molecule has 3 N–H and O–H groups in total. The highest BCUT2D eigenvalue weighted by Gasteiger charge is 2.52. The van der Waals surface area contributed by atoms with Crippen LogP contribution in [0, 0.1) is 5.82 Å². The van der Waals surface area contributed by atoms with E-state index in [1.165, 1.54) is 6.07 Å². The summed E-state index contributed by atoms with van der Waals surface area (Å²) in [7, 11) is -0.651. The van der Waals surface area contributed by atoms with Crippen LogP contribution in [0.25, 0.3) is 6.08 Å². The first-order valence-electron chi connectivity index (χ1n) is 7.35. The molecule has 1 aliphatic rings. The highest BCUT2D eigenvalue weighted by molar-refractivity contribution is 6.55. The summed E-state index contributed by atoms with van der Waals surface area (Å²) in [4.78, 5) is 10.9. The summed E-state index contributed by atoms with van der Waals surface area (Å²) < 4.78 is 25.5. The maximum atomic E-state index is 13.7. The first kappa shape index (κ1) is 17.7. The van der Waals surface area contributed by atoms with Crippen molar-refractivity contribution in [3.8, 4) is 5.75 Å². The fourth-order valence-corrected chi connectivity index (χ4v) is 2.25. The van der Waals surface area contributed by atoms with Gasteiger partial charge in [-0.05, 0) is 50.9 Å². The minimum atomic E-state index is -0.869. The van der Waals surface area contributed by atoms with Gasteiger partial charge in [0.1, 0.15) is 0 Å². The molecule has 0 aliphatic carbocycles. The second-order valence-corrected chi connectivity index (χ2v) is 6.57. The lowest BCUT2D eigenvalue weighted by molar-refractivity contribution is 0.00578. The van der Waals surface area contributed by atoms with Crippen LogP contribution in [-0.4, -0.2) is 36.3 Å². The third-order valence-electron chi connectivity index (χ3n) is 4.39. The number of carbonyl (C=O) groups excluding carboxylic acids is 1. The molecule has 0 saturated carbocycles. The second-order valence-electron chi connectivity index (χ2n) is 6.57. The summed E-state index contributed by atoms with van der Waals surface area (Å²) in [6, 6.07) is 2.51. The Balaban J connectivity index is 2.37. The zero-order valence-electron chi connectivity index (χ0n) is 13.7. The summed E-state index contributed by atoms with van der Waals surface area (Å²) in [5, 5.41) is 9.46. The number of carbonyl (C=O) groups is 1. The minimum absolute atomic E-state index is 0.124. The number of aromatic hydroxyl groups is 1. The van der Waals surface area contributed by atoms with Crippen molar-refractivity contribution in [2.75, 3.05) is 6.54 Å². The molecule has 0 bridgehead atoms. The van der Waals surface area contributed by atoms with Crippen LogP contribution in [0.3, 0.4) is 0 Å². The number of phenolic OH excluding ortho intramolecular Hbond substituents is 1. The Bertz CT molecular complexity index is 642. The molecule has 124 valence electrons. The van der Waals surface area contributed by atoms with Crippen molar-refractivity contribution in [1.82, 2.24) is 0 Å². The molecule has 0 aromatic heterocycles. The normalized spacial score (nSPS) is 19.9. The Kier molecular flexibility index (Phi) is 4.66. The molecular weight excluding hydrogens is 300 g/mol. The maximum Gasteiger partial charge on any atom is 0.491 e. The number of phenols is 1. The molecule has 23 heavy (non-hydrogen) atoms. The maximum absolute atomic E-state index is 13.7. The quantitative estimate of drug-likeness (QED) is 0.657. The van der Waals surface area contributed by atoms with Gasteiger partial charge in [-0.2, -0.15) is 0 Å². The van der Waals surface area contributed by atoms with Gasteiger partial charge in [-0.15, -0.1) is 0 Å². The summed E-state index contributed by atoms with van der Waals surface area (Å²) >= 11 is 0. The zero-order valence-corrected chi connectivity index (χ0v) is 13.7. The third-order valence-corrected chi connectivity index (χ3v) is 4.39. The van der Waals surface area contributed by atoms with Crippen molar-refractivity contribution in [3.63, 3.8) is 0 Å². The third kappa shape index (κ3) is 3.31. The first-order chi connectivity index (χ1) is 10.6. The van der Waals surface area contributed by atoms with Gasteiger partial charge >= 0.3 is 7.12 Å². The van der Waals surface area contributed by atoms with E-state index in [0.29, 0.717) is 17.3 Å². The molecule has 0 spiro atoms. The molecule has 5 nitrogen and oxygen atoms in total. The molecule has 0 atom stereocenters. The van der Waals surface area contributed by atoms with E-state index in [9.17, 15) is 14.3 Å². The van der Waals surface area contributed by atoms with Crippen molar-refractivity contribution in [2.24, 2.45) is 5.73 Å². The summed E-state index contributed by atoms with van der Waals surface area (Å²) in [6.07, 6.45) is 2.00. The summed E-state index contributed by atoms with van der Waals surface area (Å²) in [5.41, 5.74) is 5.64. The van der Waals surface area contributed by atoms with E-state index in [-0.39, 0.29) is 12.1 Å². The van der Waals surface area contributed by atoms with Crippen molar-refractivity contribution in [3.05, 3.63) is 34.5 Å². The van der Waals surface area contributed by atoms with Crippen LogP contribution in [0.2, 0.25) is 0 Å². The molecule has 1 saturated heterocycles. The fourth-order valence-electron chi connectivity index (χ4n) is 2.25. The van der Waals surface area contributed by atoms with Crippen LogP contribution >= 0.6 is 0 Å². The number of nitrogens with two attached hydrogens (primary N) is 1. The van der Waals surface area contributed by atoms with E-state index in [2.05, 4.69) is 0 Å². The highest BCUT2D eigenvalue weighted by Crippen LogP contribution is 2.38. The number of hydrogen-bond donors (Lipinski definition) is 2. The molecular formula is C16H21BFNO4. The Morgan fingerprint density at radius 1 is 1.30 bits per heavy atom. The highest BCUT2D eigenvalue weighted by atomic mass is 19.1. The lowest BCUT2D eigenvalue weighted by Gasteiger charge is -2.32. The zero-order chi connectivity index (χ0) is 17.4. The van der Waals surface area contributed by atoms with Crippen LogP contribution < -0.4 is 5.73 Å². The smallest absolute Gasteiger partial charge is 0.491 e. The molecule has 1 aromatic rings. The number of aldehydes is 1. The standard InChI is InChI=1S/C16H21BFNO4/c1-15(2)16(3,4)23-17(22-15)12(8-19)6-10-5-11(9-20)14(21)13(18)7-10/h5-7,9,21H,8,19H2,1-4H3. The van der Waals surface area contributed by atoms with Crippen LogP contribution in [0.5, 0.6) is 5.75 Å². The number of halogens is 1. The van der Waals surface area contributed by atoms with Crippen molar-refractivity contribution >= 4 is 19.5 Å². The van der Waals surface area contributed by atoms with Gasteiger partial charge in [-0.3, -0.25) is 4.79 Å². The fraction of sp³-hybridized carbons (Fsp3) is 0.438.